The van der Waals surface area contributed by atoms with Crippen molar-refractivity contribution in [1.82, 2.24) is 4.98 Å². The first kappa shape index (κ1) is 11.3. The lowest BCUT2D eigenvalue weighted by atomic mass is 10.3. The van der Waals surface area contributed by atoms with Gasteiger partial charge in [-0.3, -0.25) is 0 Å². The molecular formula is C12H11ClN2S. The highest BCUT2D eigenvalue weighted by Gasteiger charge is 2.00. The number of nitrogens with zero attached hydrogens (tertiary/aromatic N) is 1. The summed E-state index contributed by atoms with van der Waals surface area (Å²) in [6.07, 6.45) is 1.72. The Labute approximate surface area is 104 Å². The van der Waals surface area contributed by atoms with Crippen molar-refractivity contribution in [2.75, 3.05) is 5.73 Å². The second kappa shape index (κ2) is 5.23. The van der Waals surface area contributed by atoms with Crippen molar-refractivity contribution < 1.29 is 0 Å². The van der Waals surface area contributed by atoms with Gasteiger partial charge in [0.1, 0.15) is 5.82 Å². The Bertz CT molecular complexity index is 488. The third kappa shape index (κ3) is 2.90. The van der Waals surface area contributed by atoms with E-state index < -0.39 is 0 Å². The van der Waals surface area contributed by atoms with E-state index in [1.165, 1.54) is 0 Å². The molecule has 2 N–H and O–H groups in total. The third-order valence-electron chi connectivity index (χ3n) is 2.08. The average Bonchev–Trinajstić information content (AvgIpc) is 2.28. The number of nitrogens with two attached hydrogens (primary N) is 1. The van der Waals surface area contributed by atoms with E-state index in [1.807, 2.05) is 36.4 Å². The number of halogens is 1. The summed E-state index contributed by atoms with van der Waals surface area (Å²) in [5, 5.41) is 0.787. The van der Waals surface area contributed by atoms with Crippen molar-refractivity contribution in [2.45, 2.75) is 10.6 Å². The van der Waals surface area contributed by atoms with Crippen LogP contribution in [0, 0.1) is 0 Å². The molecule has 1 aromatic heterocycles. The molecule has 0 aliphatic heterocycles. The minimum Gasteiger partial charge on any atom is -0.384 e. The molecule has 2 aromatic rings. The molecule has 16 heavy (non-hydrogen) atoms. The fourth-order valence-electron chi connectivity index (χ4n) is 1.31. The molecule has 82 valence electrons. The van der Waals surface area contributed by atoms with Crippen LogP contribution < -0.4 is 5.73 Å². The molecule has 2 rings (SSSR count). The van der Waals surface area contributed by atoms with Crippen molar-refractivity contribution >= 4 is 29.2 Å². The normalized spacial score (nSPS) is 10.3. The topological polar surface area (TPSA) is 38.9 Å². The Morgan fingerprint density at radius 1 is 1.25 bits per heavy atom. The summed E-state index contributed by atoms with van der Waals surface area (Å²) < 4.78 is 0. The van der Waals surface area contributed by atoms with Crippen LogP contribution in [0.25, 0.3) is 0 Å². The highest BCUT2D eigenvalue weighted by Crippen LogP contribution is 2.29. The average molecular weight is 251 g/mol. The van der Waals surface area contributed by atoms with Crippen molar-refractivity contribution in [3.05, 3.63) is 53.2 Å². The predicted molar refractivity (Wildman–Crippen MR) is 69.7 cm³/mol. The number of thioether (sulfide) groups is 1. The van der Waals surface area contributed by atoms with Crippen molar-refractivity contribution in [3.63, 3.8) is 0 Å². The van der Waals surface area contributed by atoms with Gasteiger partial charge in [-0.05, 0) is 29.8 Å². The molecule has 0 aliphatic rings. The summed E-state index contributed by atoms with van der Waals surface area (Å²) in [5.41, 5.74) is 6.76. The van der Waals surface area contributed by atoms with Crippen LogP contribution in [0.15, 0.2) is 47.5 Å². The van der Waals surface area contributed by atoms with Crippen LogP contribution in [-0.4, -0.2) is 4.98 Å². The van der Waals surface area contributed by atoms with Gasteiger partial charge in [-0.1, -0.05) is 23.7 Å². The maximum absolute atomic E-state index is 6.06. The molecule has 0 fully saturated rings. The van der Waals surface area contributed by atoms with E-state index in [2.05, 4.69) is 4.98 Å². The van der Waals surface area contributed by atoms with E-state index in [-0.39, 0.29) is 0 Å². The van der Waals surface area contributed by atoms with E-state index in [1.54, 1.807) is 18.0 Å². The van der Waals surface area contributed by atoms with Crippen LogP contribution in [-0.2, 0) is 5.75 Å². The number of anilines is 1. The maximum atomic E-state index is 6.06. The Balaban J connectivity index is 2.05. The first-order valence-corrected chi connectivity index (χ1v) is 6.20. The fourth-order valence-corrected chi connectivity index (χ4v) is 2.49. The van der Waals surface area contributed by atoms with Gasteiger partial charge in [0.25, 0.3) is 0 Å². The van der Waals surface area contributed by atoms with E-state index in [0.29, 0.717) is 5.82 Å². The molecule has 2 nitrogen and oxygen atoms in total. The molecule has 0 spiro atoms. The van der Waals surface area contributed by atoms with E-state index in [4.69, 9.17) is 17.3 Å². The molecule has 0 aliphatic carbocycles. The molecular weight excluding hydrogens is 240 g/mol. The largest absolute Gasteiger partial charge is 0.384 e. The summed E-state index contributed by atoms with van der Waals surface area (Å²) in [6, 6.07) is 11.7. The van der Waals surface area contributed by atoms with Gasteiger partial charge >= 0.3 is 0 Å². The summed E-state index contributed by atoms with van der Waals surface area (Å²) in [7, 11) is 0. The number of aromatic nitrogens is 1. The zero-order chi connectivity index (χ0) is 11.4. The van der Waals surface area contributed by atoms with Gasteiger partial charge in [-0.2, -0.15) is 0 Å². The second-order valence-electron chi connectivity index (χ2n) is 3.31. The predicted octanol–water partition coefficient (Wildman–Crippen LogP) is 3.61. The number of benzene rings is 1. The molecule has 1 heterocycles. The van der Waals surface area contributed by atoms with Gasteiger partial charge in [0.05, 0.1) is 5.02 Å². The second-order valence-corrected chi connectivity index (χ2v) is 4.73. The van der Waals surface area contributed by atoms with Crippen LogP contribution in [0.5, 0.6) is 0 Å². The minimum atomic E-state index is 0.553. The molecule has 0 unspecified atom stereocenters. The van der Waals surface area contributed by atoms with Gasteiger partial charge in [0.15, 0.2) is 0 Å². The summed E-state index contributed by atoms with van der Waals surface area (Å²) in [5.74, 6) is 1.40. The number of nitrogen functional groups attached to an aromatic ring is 1. The first-order valence-electron chi connectivity index (χ1n) is 4.83. The van der Waals surface area contributed by atoms with E-state index in [0.717, 1.165) is 21.2 Å². The molecule has 1 aromatic carbocycles. The summed E-state index contributed by atoms with van der Waals surface area (Å²) in [4.78, 5) is 5.04. The quantitative estimate of drug-likeness (QED) is 0.846. The van der Waals surface area contributed by atoms with E-state index in [9.17, 15) is 0 Å². The number of hydrogen-bond acceptors (Lipinski definition) is 3. The molecule has 0 amide bonds. The smallest absolute Gasteiger partial charge is 0.123 e. The van der Waals surface area contributed by atoms with Gasteiger partial charge < -0.3 is 5.73 Å². The van der Waals surface area contributed by atoms with Gasteiger partial charge in [-0.15, -0.1) is 11.8 Å². The fraction of sp³-hybridized carbons (Fsp3) is 0.0833. The first-order chi connectivity index (χ1) is 7.75. The van der Waals surface area contributed by atoms with Crippen LogP contribution >= 0.6 is 23.4 Å². The maximum Gasteiger partial charge on any atom is 0.123 e. The van der Waals surface area contributed by atoms with Gasteiger partial charge in [0.2, 0.25) is 0 Å². The van der Waals surface area contributed by atoms with Crippen LogP contribution in [0.1, 0.15) is 5.56 Å². The molecule has 0 saturated carbocycles. The zero-order valence-corrected chi connectivity index (χ0v) is 10.1. The highest BCUT2D eigenvalue weighted by molar-refractivity contribution is 7.98. The molecule has 4 heteroatoms. The minimum absolute atomic E-state index is 0.553. The SMILES string of the molecule is Nc1cc(CSc2ccccc2Cl)ccn1. The molecule has 0 radical (unpaired) electrons. The van der Waals surface area contributed by atoms with Gasteiger partial charge in [0, 0.05) is 16.8 Å². The Kier molecular flexibility index (Phi) is 3.70. The summed E-state index contributed by atoms with van der Waals surface area (Å²) in [6.45, 7) is 0. The van der Waals surface area contributed by atoms with Crippen LogP contribution in [0.4, 0.5) is 5.82 Å². The van der Waals surface area contributed by atoms with Crippen molar-refractivity contribution in [1.29, 1.82) is 0 Å². The number of rotatable bonds is 3. The highest BCUT2D eigenvalue weighted by atomic mass is 35.5. The zero-order valence-electron chi connectivity index (χ0n) is 8.56. The lowest BCUT2D eigenvalue weighted by molar-refractivity contribution is 1.28. The van der Waals surface area contributed by atoms with Crippen LogP contribution in [0.3, 0.4) is 0 Å². The van der Waals surface area contributed by atoms with Crippen molar-refractivity contribution in [3.8, 4) is 0 Å². The summed E-state index contributed by atoms with van der Waals surface area (Å²) >= 11 is 7.76. The lowest BCUT2D eigenvalue weighted by Crippen LogP contribution is -1.90. The Morgan fingerprint density at radius 2 is 2.06 bits per heavy atom. The Hall–Kier alpha value is -1.19. The van der Waals surface area contributed by atoms with Crippen molar-refractivity contribution in [2.24, 2.45) is 0 Å². The monoisotopic (exact) mass is 250 g/mol. The number of hydrogen-bond donors (Lipinski definition) is 1. The molecule has 0 saturated heterocycles. The lowest BCUT2D eigenvalue weighted by Gasteiger charge is -2.04. The molecule has 0 atom stereocenters. The molecule has 0 bridgehead atoms. The Morgan fingerprint density at radius 3 is 2.81 bits per heavy atom. The third-order valence-corrected chi connectivity index (χ3v) is 3.66. The van der Waals surface area contributed by atoms with E-state index >= 15 is 0 Å². The standard InChI is InChI=1S/C12H11ClN2S/c13-10-3-1-2-4-11(10)16-8-9-5-6-15-12(14)7-9/h1-7H,8H2,(H2,14,15). The van der Waals surface area contributed by atoms with Crippen LogP contribution in [0.2, 0.25) is 5.02 Å². The number of pyridine rings is 1. The van der Waals surface area contributed by atoms with Gasteiger partial charge in [-0.25, -0.2) is 4.98 Å².